The summed E-state index contributed by atoms with van der Waals surface area (Å²) in [7, 11) is 0. The van der Waals surface area contributed by atoms with Gasteiger partial charge in [0.15, 0.2) is 5.13 Å². The van der Waals surface area contributed by atoms with Crippen molar-refractivity contribution in [2.24, 2.45) is 5.16 Å². The van der Waals surface area contributed by atoms with Crippen molar-refractivity contribution >= 4 is 71.3 Å². The topological polar surface area (TPSA) is 74.6 Å². The fourth-order valence-corrected chi connectivity index (χ4v) is 3.85. The van der Waals surface area contributed by atoms with Gasteiger partial charge in [-0.3, -0.25) is 10.1 Å². The van der Waals surface area contributed by atoms with E-state index >= 15 is 0 Å². The molecule has 0 radical (unpaired) electrons. The van der Waals surface area contributed by atoms with Gasteiger partial charge in [0.2, 0.25) is 0 Å². The Morgan fingerprint density at radius 2 is 2.26 bits per heavy atom. The largest absolute Gasteiger partial charge is 0.411 e. The number of oxime groups is 1. The normalized spacial score (nSPS) is 11.6. The summed E-state index contributed by atoms with van der Waals surface area (Å²) in [6.07, 6.45) is 0. The predicted octanol–water partition coefficient (Wildman–Crippen LogP) is 4.18. The van der Waals surface area contributed by atoms with Crippen LogP contribution in [0.2, 0.25) is 0 Å². The molecule has 2 heterocycles. The van der Waals surface area contributed by atoms with Crippen molar-refractivity contribution in [3.63, 3.8) is 0 Å². The molecule has 0 bridgehead atoms. The fraction of sp³-hybridized carbons (Fsp3) is 0.100. The third-order valence-electron chi connectivity index (χ3n) is 2.11. The van der Waals surface area contributed by atoms with Gasteiger partial charge in [0.25, 0.3) is 5.91 Å². The smallest absolute Gasteiger partial charge is 0.267 e. The van der Waals surface area contributed by atoms with Crippen LogP contribution in [0.5, 0.6) is 0 Å². The Morgan fingerprint density at radius 3 is 2.84 bits per heavy atom. The second-order valence-corrected chi connectivity index (χ2v) is 7.49. The van der Waals surface area contributed by atoms with Crippen LogP contribution in [0, 0.1) is 0 Å². The lowest BCUT2D eigenvalue weighted by Gasteiger charge is -1.97. The van der Waals surface area contributed by atoms with Crippen LogP contribution < -0.4 is 5.32 Å². The highest BCUT2D eigenvalue weighted by atomic mass is 79.9. The molecule has 0 aliphatic rings. The van der Waals surface area contributed by atoms with Crippen molar-refractivity contribution in [3.8, 4) is 0 Å². The molecular weight excluding hydrogens is 418 g/mol. The van der Waals surface area contributed by atoms with E-state index in [0.29, 0.717) is 21.4 Å². The van der Waals surface area contributed by atoms with Gasteiger partial charge in [-0.05, 0) is 44.8 Å². The zero-order valence-electron chi connectivity index (χ0n) is 9.48. The van der Waals surface area contributed by atoms with Crippen LogP contribution in [0.25, 0.3) is 0 Å². The summed E-state index contributed by atoms with van der Waals surface area (Å²) in [5.74, 6) is -0.226. The average molecular weight is 425 g/mol. The number of hydrogen-bond acceptors (Lipinski definition) is 6. The number of aromatic nitrogens is 1. The van der Waals surface area contributed by atoms with Gasteiger partial charge in [-0.15, -0.1) is 22.7 Å². The maximum atomic E-state index is 12.0. The molecule has 2 aromatic heterocycles. The third kappa shape index (κ3) is 3.41. The summed E-state index contributed by atoms with van der Waals surface area (Å²) in [5, 5.41) is 16.6. The van der Waals surface area contributed by atoms with Crippen molar-refractivity contribution in [1.82, 2.24) is 4.98 Å². The Bertz CT molecular complexity index is 631. The first-order valence-corrected chi connectivity index (χ1v) is 8.20. The van der Waals surface area contributed by atoms with E-state index in [1.165, 1.54) is 22.7 Å². The number of nitrogens with one attached hydrogen (secondary N) is 1. The van der Waals surface area contributed by atoms with E-state index in [1.807, 2.05) is 0 Å². The summed E-state index contributed by atoms with van der Waals surface area (Å²) in [4.78, 5) is 16.7. The number of rotatable bonds is 3. The standard InChI is InChI=1S/C10H7Br2N3O2S2/c1-4(15-17)6-3-18-10(13-6)14-9(16)7-2-5(11)8(12)19-7/h2-3,17H,1H3,(H,13,14,16). The summed E-state index contributed by atoms with van der Waals surface area (Å²) >= 11 is 9.27. The Balaban J connectivity index is 2.13. The van der Waals surface area contributed by atoms with Gasteiger partial charge < -0.3 is 5.21 Å². The fourth-order valence-electron chi connectivity index (χ4n) is 1.17. The lowest BCUT2D eigenvalue weighted by Crippen LogP contribution is -2.10. The van der Waals surface area contributed by atoms with Crippen molar-refractivity contribution in [2.45, 2.75) is 6.92 Å². The zero-order valence-corrected chi connectivity index (χ0v) is 14.3. The zero-order chi connectivity index (χ0) is 14.0. The van der Waals surface area contributed by atoms with E-state index < -0.39 is 0 Å². The second kappa shape index (κ2) is 6.12. The molecule has 0 saturated carbocycles. The predicted molar refractivity (Wildman–Crippen MR) is 83.8 cm³/mol. The molecule has 0 fully saturated rings. The first-order valence-electron chi connectivity index (χ1n) is 4.92. The van der Waals surface area contributed by atoms with Gasteiger partial charge >= 0.3 is 0 Å². The van der Waals surface area contributed by atoms with Gasteiger partial charge in [-0.25, -0.2) is 4.98 Å². The highest BCUT2D eigenvalue weighted by molar-refractivity contribution is 9.13. The summed E-state index contributed by atoms with van der Waals surface area (Å²) in [5.41, 5.74) is 0.940. The molecule has 0 unspecified atom stereocenters. The Labute approximate surface area is 133 Å². The number of anilines is 1. The van der Waals surface area contributed by atoms with Crippen LogP contribution in [-0.2, 0) is 0 Å². The number of thiazole rings is 1. The Kier molecular flexibility index (Phi) is 4.71. The number of amides is 1. The summed E-state index contributed by atoms with van der Waals surface area (Å²) in [6, 6.07) is 1.74. The molecule has 0 aromatic carbocycles. The molecule has 0 saturated heterocycles. The molecule has 19 heavy (non-hydrogen) atoms. The first-order chi connectivity index (χ1) is 9.01. The van der Waals surface area contributed by atoms with Gasteiger partial charge in [-0.2, -0.15) is 0 Å². The molecule has 0 atom stereocenters. The lowest BCUT2D eigenvalue weighted by molar-refractivity contribution is 0.103. The second-order valence-electron chi connectivity index (χ2n) is 3.41. The van der Waals surface area contributed by atoms with E-state index in [9.17, 15) is 4.79 Å². The van der Waals surface area contributed by atoms with Crippen LogP contribution >= 0.6 is 54.5 Å². The minimum Gasteiger partial charge on any atom is -0.411 e. The molecule has 0 spiro atoms. The minimum absolute atomic E-state index is 0.226. The number of carbonyl (C=O) groups excluding carboxylic acids is 1. The van der Waals surface area contributed by atoms with Gasteiger partial charge in [0.1, 0.15) is 11.4 Å². The Morgan fingerprint density at radius 1 is 1.53 bits per heavy atom. The van der Waals surface area contributed by atoms with Crippen molar-refractivity contribution in [2.75, 3.05) is 5.32 Å². The van der Waals surface area contributed by atoms with Gasteiger partial charge in [0.05, 0.1) is 8.66 Å². The molecular formula is C10H7Br2N3O2S2. The van der Waals surface area contributed by atoms with Crippen LogP contribution in [0.3, 0.4) is 0 Å². The molecule has 1 amide bonds. The molecule has 0 aliphatic heterocycles. The van der Waals surface area contributed by atoms with Gasteiger partial charge in [0, 0.05) is 9.85 Å². The summed E-state index contributed by atoms with van der Waals surface area (Å²) in [6.45, 7) is 1.63. The van der Waals surface area contributed by atoms with Gasteiger partial charge in [-0.1, -0.05) is 5.16 Å². The van der Waals surface area contributed by atoms with Crippen molar-refractivity contribution in [1.29, 1.82) is 0 Å². The number of halogens is 2. The van der Waals surface area contributed by atoms with Crippen LogP contribution in [-0.4, -0.2) is 21.8 Å². The highest BCUT2D eigenvalue weighted by Gasteiger charge is 2.14. The van der Waals surface area contributed by atoms with E-state index in [4.69, 9.17) is 5.21 Å². The molecule has 2 rings (SSSR count). The van der Waals surface area contributed by atoms with Crippen molar-refractivity contribution in [3.05, 3.63) is 30.3 Å². The molecule has 0 aliphatic carbocycles. The minimum atomic E-state index is -0.226. The lowest BCUT2D eigenvalue weighted by atomic mass is 10.3. The van der Waals surface area contributed by atoms with Crippen LogP contribution in [0.1, 0.15) is 22.3 Å². The monoisotopic (exact) mass is 423 g/mol. The number of carbonyl (C=O) groups is 1. The molecule has 100 valence electrons. The molecule has 5 nitrogen and oxygen atoms in total. The third-order valence-corrected chi connectivity index (χ3v) is 6.13. The molecule has 9 heteroatoms. The maximum Gasteiger partial charge on any atom is 0.267 e. The molecule has 2 aromatic rings. The van der Waals surface area contributed by atoms with Crippen LogP contribution in [0.4, 0.5) is 5.13 Å². The van der Waals surface area contributed by atoms with Crippen molar-refractivity contribution < 1.29 is 10.0 Å². The number of hydrogen-bond donors (Lipinski definition) is 2. The molecule has 2 N–H and O–H groups in total. The van der Waals surface area contributed by atoms with E-state index in [2.05, 4.69) is 47.3 Å². The quantitative estimate of drug-likeness (QED) is 0.440. The maximum absolute atomic E-state index is 12.0. The van der Waals surface area contributed by atoms with E-state index in [0.717, 1.165) is 8.26 Å². The highest BCUT2D eigenvalue weighted by Crippen LogP contribution is 2.32. The Hall–Kier alpha value is -0.770. The van der Waals surface area contributed by atoms with E-state index in [-0.39, 0.29) is 5.91 Å². The van der Waals surface area contributed by atoms with Crippen LogP contribution in [0.15, 0.2) is 24.9 Å². The van der Waals surface area contributed by atoms with E-state index in [1.54, 1.807) is 18.4 Å². The summed E-state index contributed by atoms with van der Waals surface area (Å²) < 4.78 is 1.70. The number of nitrogens with zero attached hydrogens (tertiary/aromatic N) is 2. The average Bonchev–Trinajstić information content (AvgIpc) is 2.97. The number of thiophene rings is 1. The first kappa shape index (κ1) is 14.6. The SMILES string of the molecule is CC(=NO)c1csc(NC(=O)c2cc(Br)c(Br)s2)n1.